The van der Waals surface area contributed by atoms with Crippen LogP contribution in [0, 0.1) is 19.3 Å². The van der Waals surface area contributed by atoms with E-state index in [1.807, 2.05) is 32.0 Å². The quantitative estimate of drug-likeness (QED) is 0.611. The Kier molecular flexibility index (Phi) is 3.63. The molecule has 0 radical (unpaired) electrons. The predicted octanol–water partition coefficient (Wildman–Crippen LogP) is 5.19. The van der Waals surface area contributed by atoms with E-state index in [1.165, 1.54) is 6.07 Å². The first-order valence-corrected chi connectivity index (χ1v) is 8.36. The molecule has 4 rings (SSSR count). The van der Waals surface area contributed by atoms with Crippen LogP contribution in [0.2, 0.25) is 0 Å². The molecule has 0 aromatic heterocycles. The van der Waals surface area contributed by atoms with E-state index >= 15 is 0 Å². The number of nitrogens with one attached hydrogen (secondary N) is 1. The minimum atomic E-state index is -4.44. The molecule has 27 heavy (non-hydrogen) atoms. The van der Waals surface area contributed by atoms with Gasteiger partial charge in [0.1, 0.15) is 5.84 Å². The number of aliphatic imine (C=N–C) groups is 1. The monoisotopic (exact) mass is 367 g/mol. The van der Waals surface area contributed by atoms with Gasteiger partial charge in [-0.25, -0.2) is 4.99 Å². The smallest absolute Gasteiger partial charge is 0.383 e. The average Bonchev–Trinajstić information content (AvgIpc) is 2.87. The van der Waals surface area contributed by atoms with Gasteiger partial charge in [0, 0.05) is 16.7 Å². The highest BCUT2D eigenvalue weighted by Crippen LogP contribution is 2.40. The van der Waals surface area contributed by atoms with Crippen molar-refractivity contribution in [1.82, 2.24) is 0 Å². The van der Waals surface area contributed by atoms with Crippen molar-refractivity contribution < 1.29 is 13.2 Å². The molecule has 0 amide bonds. The molecule has 3 aromatic rings. The highest BCUT2D eigenvalue weighted by molar-refractivity contribution is 6.27. The SMILES string of the molecule is Cc1cc2cc3c(c(-c4cccc(C(F)(F)F)c4)c2cc1C)C(N)=NC3=N. The number of alkyl halides is 3. The summed E-state index contributed by atoms with van der Waals surface area (Å²) in [5, 5.41) is 9.73. The highest BCUT2D eigenvalue weighted by Gasteiger charge is 2.31. The molecule has 6 heteroatoms. The predicted molar refractivity (Wildman–Crippen MR) is 101 cm³/mol. The van der Waals surface area contributed by atoms with Crippen molar-refractivity contribution in [2.75, 3.05) is 0 Å². The molecule has 0 aliphatic carbocycles. The average molecular weight is 367 g/mol. The van der Waals surface area contributed by atoms with Crippen LogP contribution in [0.4, 0.5) is 13.2 Å². The fourth-order valence-corrected chi connectivity index (χ4v) is 3.51. The van der Waals surface area contributed by atoms with Crippen molar-refractivity contribution in [2.24, 2.45) is 10.7 Å². The summed E-state index contributed by atoms with van der Waals surface area (Å²) in [5.41, 5.74) is 9.46. The number of hydrogen-bond acceptors (Lipinski definition) is 2. The van der Waals surface area contributed by atoms with Gasteiger partial charge >= 0.3 is 6.18 Å². The Morgan fingerprint density at radius 1 is 0.963 bits per heavy atom. The normalized spacial score (nSPS) is 13.8. The van der Waals surface area contributed by atoms with Gasteiger partial charge in [-0.2, -0.15) is 13.2 Å². The van der Waals surface area contributed by atoms with Gasteiger partial charge in [-0.1, -0.05) is 24.3 Å². The first-order valence-electron chi connectivity index (χ1n) is 8.36. The molecular formula is C21H16F3N3. The lowest BCUT2D eigenvalue weighted by molar-refractivity contribution is -0.137. The molecule has 1 aliphatic rings. The van der Waals surface area contributed by atoms with Crippen LogP contribution < -0.4 is 5.73 Å². The number of hydrogen-bond donors (Lipinski definition) is 2. The number of fused-ring (bicyclic) bond motifs is 2. The van der Waals surface area contributed by atoms with E-state index in [-0.39, 0.29) is 11.7 Å². The van der Waals surface area contributed by atoms with E-state index < -0.39 is 11.7 Å². The van der Waals surface area contributed by atoms with Crippen LogP contribution in [-0.2, 0) is 6.18 Å². The van der Waals surface area contributed by atoms with Gasteiger partial charge < -0.3 is 5.73 Å². The van der Waals surface area contributed by atoms with Crippen molar-refractivity contribution in [3.8, 4) is 11.1 Å². The lowest BCUT2D eigenvalue weighted by Crippen LogP contribution is -2.13. The molecule has 0 fully saturated rings. The molecule has 3 nitrogen and oxygen atoms in total. The molecule has 0 saturated heterocycles. The first-order chi connectivity index (χ1) is 12.7. The molecule has 0 unspecified atom stereocenters. The Morgan fingerprint density at radius 2 is 1.67 bits per heavy atom. The maximum Gasteiger partial charge on any atom is 0.416 e. The first kappa shape index (κ1) is 17.3. The molecule has 1 heterocycles. The number of amidine groups is 2. The molecule has 0 spiro atoms. The third-order valence-electron chi connectivity index (χ3n) is 4.98. The van der Waals surface area contributed by atoms with E-state index in [1.54, 1.807) is 6.07 Å². The van der Waals surface area contributed by atoms with Crippen LogP contribution >= 0.6 is 0 Å². The van der Waals surface area contributed by atoms with Gasteiger partial charge in [0.15, 0.2) is 5.84 Å². The van der Waals surface area contributed by atoms with Gasteiger partial charge in [0.2, 0.25) is 0 Å². The molecule has 3 N–H and O–H groups in total. The molecule has 0 atom stereocenters. The van der Waals surface area contributed by atoms with Gasteiger partial charge in [0.05, 0.1) is 5.56 Å². The zero-order valence-electron chi connectivity index (χ0n) is 14.7. The van der Waals surface area contributed by atoms with Gasteiger partial charge in [-0.3, -0.25) is 5.41 Å². The van der Waals surface area contributed by atoms with Crippen LogP contribution in [0.1, 0.15) is 27.8 Å². The Hall–Kier alpha value is -3.15. The summed E-state index contributed by atoms with van der Waals surface area (Å²) in [6, 6.07) is 11.0. The van der Waals surface area contributed by atoms with Crippen LogP contribution in [0.25, 0.3) is 21.9 Å². The second-order valence-corrected chi connectivity index (χ2v) is 6.76. The summed E-state index contributed by atoms with van der Waals surface area (Å²) in [5.74, 6) is 0.179. The zero-order chi connectivity index (χ0) is 19.5. The van der Waals surface area contributed by atoms with Crippen LogP contribution in [0.5, 0.6) is 0 Å². The standard InChI is InChI=1S/C21H16F3N3/c1-10-6-13-9-16-18(20(26)27-19(16)25)17(15(13)7-11(10)2)12-4-3-5-14(8-12)21(22,23)24/h3-9H,1-2H3,(H3,25,26,27). The number of nitrogens with zero attached hydrogens (tertiary/aromatic N) is 1. The zero-order valence-corrected chi connectivity index (χ0v) is 14.7. The number of nitrogens with two attached hydrogens (primary N) is 1. The van der Waals surface area contributed by atoms with Crippen molar-refractivity contribution in [2.45, 2.75) is 20.0 Å². The fourth-order valence-electron chi connectivity index (χ4n) is 3.51. The summed E-state index contributed by atoms with van der Waals surface area (Å²) >= 11 is 0. The molecular weight excluding hydrogens is 351 g/mol. The minimum Gasteiger partial charge on any atom is -0.383 e. The van der Waals surface area contributed by atoms with Crippen molar-refractivity contribution in [3.05, 3.63) is 70.3 Å². The van der Waals surface area contributed by atoms with Crippen molar-refractivity contribution in [3.63, 3.8) is 0 Å². The largest absolute Gasteiger partial charge is 0.416 e. The Balaban J connectivity index is 2.14. The molecule has 3 aromatic carbocycles. The van der Waals surface area contributed by atoms with E-state index in [0.29, 0.717) is 22.3 Å². The lowest BCUT2D eigenvalue weighted by atomic mass is 9.87. The second-order valence-electron chi connectivity index (χ2n) is 6.76. The Bertz CT molecular complexity index is 1160. The van der Waals surface area contributed by atoms with E-state index in [2.05, 4.69) is 4.99 Å². The molecule has 136 valence electrons. The summed E-state index contributed by atoms with van der Waals surface area (Å²) in [4.78, 5) is 4.04. The van der Waals surface area contributed by atoms with Gasteiger partial charge in [0.25, 0.3) is 0 Å². The summed E-state index contributed by atoms with van der Waals surface area (Å²) in [6.07, 6.45) is -4.44. The number of benzene rings is 3. The van der Waals surface area contributed by atoms with Gasteiger partial charge in [-0.05, 0) is 59.5 Å². The number of aryl methyl sites for hydroxylation is 2. The summed E-state index contributed by atoms with van der Waals surface area (Å²) in [7, 11) is 0. The second kappa shape index (κ2) is 5.67. The molecule has 1 aliphatic heterocycles. The molecule has 0 bridgehead atoms. The molecule has 0 saturated carbocycles. The van der Waals surface area contributed by atoms with Crippen LogP contribution in [0.3, 0.4) is 0 Å². The lowest BCUT2D eigenvalue weighted by Gasteiger charge is -2.16. The maximum absolute atomic E-state index is 13.2. The summed E-state index contributed by atoms with van der Waals surface area (Å²) < 4.78 is 39.7. The van der Waals surface area contributed by atoms with E-state index in [9.17, 15) is 13.2 Å². The topological polar surface area (TPSA) is 62.2 Å². The van der Waals surface area contributed by atoms with Crippen LogP contribution in [-0.4, -0.2) is 11.7 Å². The maximum atomic E-state index is 13.2. The third-order valence-corrected chi connectivity index (χ3v) is 4.98. The van der Waals surface area contributed by atoms with Crippen molar-refractivity contribution in [1.29, 1.82) is 5.41 Å². The summed E-state index contributed by atoms with van der Waals surface area (Å²) in [6.45, 7) is 3.93. The van der Waals surface area contributed by atoms with E-state index in [0.717, 1.165) is 34.0 Å². The van der Waals surface area contributed by atoms with Gasteiger partial charge in [-0.15, -0.1) is 0 Å². The fraction of sp³-hybridized carbons (Fsp3) is 0.143. The van der Waals surface area contributed by atoms with E-state index in [4.69, 9.17) is 11.1 Å². The Labute approximate surface area is 153 Å². The number of halogens is 3. The van der Waals surface area contributed by atoms with Crippen LogP contribution in [0.15, 0.2) is 47.5 Å². The minimum absolute atomic E-state index is 0.0239. The number of rotatable bonds is 1. The third kappa shape index (κ3) is 2.68. The Morgan fingerprint density at radius 3 is 2.37 bits per heavy atom. The van der Waals surface area contributed by atoms with Crippen molar-refractivity contribution >= 4 is 22.4 Å². The highest BCUT2D eigenvalue weighted by atomic mass is 19.4.